The van der Waals surface area contributed by atoms with Crippen LogP contribution in [-0.4, -0.2) is 24.6 Å². The summed E-state index contributed by atoms with van der Waals surface area (Å²) in [7, 11) is -3.25. The SMILES string of the molecule is CC(N)c1nc2cccc(S(C)(=O)=O)c2[nH]1. The number of nitrogens with one attached hydrogen (secondary N) is 1. The maximum Gasteiger partial charge on any atom is 0.177 e. The molecule has 2 rings (SSSR count). The minimum absolute atomic E-state index is 0.250. The van der Waals surface area contributed by atoms with Crippen LogP contribution in [0.5, 0.6) is 0 Å². The lowest BCUT2D eigenvalue weighted by molar-refractivity contribution is 0.602. The Balaban J connectivity index is 2.78. The number of sulfone groups is 1. The highest BCUT2D eigenvalue weighted by Crippen LogP contribution is 2.22. The number of benzene rings is 1. The van der Waals surface area contributed by atoms with Crippen LogP contribution in [0.25, 0.3) is 11.0 Å². The van der Waals surface area contributed by atoms with Crippen molar-refractivity contribution in [2.45, 2.75) is 17.9 Å². The number of fused-ring (bicyclic) bond motifs is 1. The first kappa shape index (κ1) is 11.1. The molecule has 0 spiro atoms. The quantitative estimate of drug-likeness (QED) is 0.817. The molecule has 0 amide bonds. The van der Waals surface area contributed by atoms with Gasteiger partial charge in [-0.1, -0.05) is 6.07 Å². The Bertz CT molecular complexity index is 629. The third kappa shape index (κ3) is 1.81. The van der Waals surface area contributed by atoms with Gasteiger partial charge in [0.2, 0.25) is 0 Å². The molecule has 0 aliphatic carbocycles. The molecule has 0 saturated heterocycles. The Kier molecular flexibility index (Phi) is 2.47. The fourth-order valence-electron chi connectivity index (χ4n) is 1.55. The van der Waals surface area contributed by atoms with E-state index >= 15 is 0 Å². The Labute approximate surface area is 93.6 Å². The minimum Gasteiger partial charge on any atom is -0.340 e. The van der Waals surface area contributed by atoms with Crippen molar-refractivity contribution in [3.8, 4) is 0 Å². The summed E-state index contributed by atoms with van der Waals surface area (Å²) in [6.07, 6.45) is 1.17. The maximum absolute atomic E-state index is 11.5. The predicted octanol–water partition coefficient (Wildman–Crippen LogP) is 0.986. The second-order valence-electron chi connectivity index (χ2n) is 3.83. The molecule has 2 aromatic rings. The molecule has 1 aromatic heterocycles. The molecule has 0 bridgehead atoms. The number of imidazole rings is 1. The number of aromatic nitrogens is 2. The van der Waals surface area contributed by atoms with Gasteiger partial charge in [0.15, 0.2) is 9.84 Å². The number of aromatic amines is 1. The van der Waals surface area contributed by atoms with Gasteiger partial charge in [-0.15, -0.1) is 0 Å². The van der Waals surface area contributed by atoms with Gasteiger partial charge >= 0.3 is 0 Å². The van der Waals surface area contributed by atoms with Gasteiger partial charge in [0.25, 0.3) is 0 Å². The molecule has 5 nitrogen and oxygen atoms in total. The summed E-state index contributed by atoms with van der Waals surface area (Å²) in [5.41, 5.74) is 6.84. The molecular formula is C10H13N3O2S. The van der Waals surface area contributed by atoms with Crippen LogP contribution in [0.15, 0.2) is 23.1 Å². The number of para-hydroxylation sites is 1. The lowest BCUT2D eigenvalue weighted by Gasteiger charge is -1.99. The molecule has 0 saturated carbocycles. The van der Waals surface area contributed by atoms with Crippen LogP contribution in [0.1, 0.15) is 18.8 Å². The predicted molar refractivity (Wildman–Crippen MR) is 61.8 cm³/mol. The number of nitrogens with zero attached hydrogens (tertiary/aromatic N) is 1. The van der Waals surface area contributed by atoms with Gasteiger partial charge in [-0.3, -0.25) is 0 Å². The topological polar surface area (TPSA) is 88.8 Å². The molecule has 1 aromatic carbocycles. The summed E-state index contributed by atoms with van der Waals surface area (Å²) < 4.78 is 23.1. The first-order valence-corrected chi connectivity index (χ1v) is 6.73. The fourth-order valence-corrected chi connectivity index (χ4v) is 2.40. The zero-order valence-electron chi connectivity index (χ0n) is 9.06. The number of nitrogens with two attached hydrogens (primary N) is 1. The molecule has 16 heavy (non-hydrogen) atoms. The average Bonchev–Trinajstić information content (AvgIpc) is 2.58. The second kappa shape index (κ2) is 3.57. The van der Waals surface area contributed by atoms with Gasteiger partial charge in [-0.05, 0) is 19.1 Å². The summed E-state index contributed by atoms with van der Waals surface area (Å²) in [4.78, 5) is 7.45. The van der Waals surface area contributed by atoms with E-state index in [9.17, 15) is 8.42 Å². The van der Waals surface area contributed by atoms with Crippen LogP contribution in [0.4, 0.5) is 0 Å². The van der Waals surface area contributed by atoms with E-state index < -0.39 is 9.84 Å². The van der Waals surface area contributed by atoms with E-state index in [2.05, 4.69) is 9.97 Å². The molecule has 86 valence electrons. The van der Waals surface area contributed by atoms with Crippen molar-refractivity contribution in [2.24, 2.45) is 5.73 Å². The number of hydrogen-bond donors (Lipinski definition) is 2. The molecule has 0 aliphatic heterocycles. The van der Waals surface area contributed by atoms with Crippen LogP contribution in [0.2, 0.25) is 0 Å². The highest BCUT2D eigenvalue weighted by atomic mass is 32.2. The smallest absolute Gasteiger partial charge is 0.177 e. The van der Waals surface area contributed by atoms with E-state index in [1.165, 1.54) is 6.26 Å². The monoisotopic (exact) mass is 239 g/mol. The first-order valence-electron chi connectivity index (χ1n) is 4.84. The van der Waals surface area contributed by atoms with E-state index in [0.29, 0.717) is 16.9 Å². The molecule has 1 heterocycles. The van der Waals surface area contributed by atoms with Crippen LogP contribution in [-0.2, 0) is 9.84 Å². The fraction of sp³-hybridized carbons (Fsp3) is 0.300. The summed E-state index contributed by atoms with van der Waals surface area (Å²) >= 11 is 0. The van der Waals surface area contributed by atoms with Crippen molar-refractivity contribution in [1.82, 2.24) is 9.97 Å². The Morgan fingerprint density at radius 2 is 2.12 bits per heavy atom. The van der Waals surface area contributed by atoms with Gasteiger partial charge in [-0.2, -0.15) is 0 Å². The first-order chi connectivity index (χ1) is 7.39. The summed E-state index contributed by atoms with van der Waals surface area (Å²) in [5, 5.41) is 0. The molecule has 0 fully saturated rings. The van der Waals surface area contributed by atoms with Gasteiger partial charge < -0.3 is 10.7 Å². The molecule has 3 N–H and O–H groups in total. The zero-order valence-corrected chi connectivity index (χ0v) is 9.88. The van der Waals surface area contributed by atoms with Crippen molar-refractivity contribution in [2.75, 3.05) is 6.26 Å². The van der Waals surface area contributed by atoms with Gasteiger partial charge in [-0.25, -0.2) is 13.4 Å². The van der Waals surface area contributed by atoms with Crippen LogP contribution >= 0.6 is 0 Å². The average molecular weight is 239 g/mol. The molecule has 0 aliphatic rings. The van der Waals surface area contributed by atoms with Crippen LogP contribution in [0, 0.1) is 0 Å². The van der Waals surface area contributed by atoms with Crippen molar-refractivity contribution >= 4 is 20.9 Å². The molecule has 1 atom stereocenters. The lowest BCUT2D eigenvalue weighted by atomic mass is 10.3. The van der Waals surface area contributed by atoms with E-state index in [0.717, 1.165) is 0 Å². The number of rotatable bonds is 2. The highest BCUT2D eigenvalue weighted by Gasteiger charge is 2.15. The van der Waals surface area contributed by atoms with Crippen molar-refractivity contribution in [3.05, 3.63) is 24.0 Å². The summed E-state index contributed by atoms with van der Waals surface area (Å²) in [6, 6.07) is 4.73. The number of hydrogen-bond acceptors (Lipinski definition) is 4. The van der Waals surface area contributed by atoms with Crippen LogP contribution < -0.4 is 5.73 Å². The zero-order chi connectivity index (χ0) is 11.9. The number of H-pyrrole nitrogens is 1. The van der Waals surface area contributed by atoms with Crippen LogP contribution in [0.3, 0.4) is 0 Å². The van der Waals surface area contributed by atoms with Crippen molar-refractivity contribution in [3.63, 3.8) is 0 Å². The maximum atomic E-state index is 11.5. The largest absolute Gasteiger partial charge is 0.340 e. The summed E-state index contributed by atoms with van der Waals surface area (Å²) in [5.74, 6) is 0.589. The second-order valence-corrected chi connectivity index (χ2v) is 5.82. The molecule has 6 heteroatoms. The van der Waals surface area contributed by atoms with Crippen molar-refractivity contribution < 1.29 is 8.42 Å². The van der Waals surface area contributed by atoms with Gasteiger partial charge in [0.05, 0.1) is 22.0 Å². The van der Waals surface area contributed by atoms with Gasteiger partial charge in [0.1, 0.15) is 5.82 Å². The third-order valence-corrected chi connectivity index (χ3v) is 3.47. The molecule has 0 radical (unpaired) electrons. The molecule has 1 unspecified atom stereocenters. The van der Waals surface area contributed by atoms with Crippen molar-refractivity contribution in [1.29, 1.82) is 0 Å². The summed E-state index contributed by atoms with van der Waals surface area (Å²) in [6.45, 7) is 1.79. The van der Waals surface area contributed by atoms with E-state index in [1.54, 1.807) is 25.1 Å². The van der Waals surface area contributed by atoms with E-state index in [-0.39, 0.29) is 10.9 Å². The standard InChI is InChI=1S/C10H13N3O2S/c1-6(11)10-12-7-4-3-5-8(9(7)13-10)16(2,14)15/h3-6H,11H2,1-2H3,(H,12,13). The minimum atomic E-state index is -3.25. The van der Waals surface area contributed by atoms with E-state index in [1.807, 2.05) is 0 Å². The molecular weight excluding hydrogens is 226 g/mol. The Morgan fingerprint density at radius 1 is 1.44 bits per heavy atom. The van der Waals surface area contributed by atoms with E-state index in [4.69, 9.17) is 5.73 Å². The normalized spacial score (nSPS) is 14.2. The lowest BCUT2D eigenvalue weighted by Crippen LogP contribution is -2.06. The Hall–Kier alpha value is -1.40. The third-order valence-electron chi connectivity index (χ3n) is 2.33. The Morgan fingerprint density at radius 3 is 2.69 bits per heavy atom. The highest BCUT2D eigenvalue weighted by molar-refractivity contribution is 7.91. The van der Waals surface area contributed by atoms with Gasteiger partial charge in [0, 0.05) is 6.26 Å².